The smallest absolute Gasteiger partial charge is 0.307 e. The summed E-state index contributed by atoms with van der Waals surface area (Å²) in [5.74, 6) is 4.90. The summed E-state index contributed by atoms with van der Waals surface area (Å²) in [7, 11) is 0. The third-order valence-electron chi connectivity index (χ3n) is 1.58. The predicted molar refractivity (Wildman–Crippen MR) is 53.5 cm³/mol. The quantitative estimate of drug-likeness (QED) is 0.325. The van der Waals surface area contributed by atoms with Crippen molar-refractivity contribution in [1.29, 1.82) is 0 Å². The Kier molecular flexibility index (Phi) is 3.69. The molecule has 0 spiro atoms. The van der Waals surface area contributed by atoms with Crippen LogP contribution in [0.15, 0.2) is 36.6 Å². The highest BCUT2D eigenvalue weighted by Crippen LogP contribution is 2.09. The number of nitrogens with two attached hydrogens (primary N) is 1. The molecular weight excluding hydrogens is 180 g/mol. The Morgan fingerprint density at radius 3 is 2.57 bits per heavy atom. The van der Waals surface area contributed by atoms with E-state index in [1.807, 2.05) is 30.3 Å². The van der Waals surface area contributed by atoms with E-state index in [0.717, 1.165) is 5.56 Å². The molecule has 0 saturated carbocycles. The van der Waals surface area contributed by atoms with Gasteiger partial charge in [0.05, 0.1) is 5.70 Å². The third-order valence-corrected chi connectivity index (χ3v) is 1.58. The SMILES string of the molecule is CC(=O)O/C=C(\NN)c1ccccc1. The lowest BCUT2D eigenvalue weighted by atomic mass is 10.2. The second-order valence-corrected chi connectivity index (χ2v) is 2.65. The van der Waals surface area contributed by atoms with Crippen LogP contribution >= 0.6 is 0 Å². The second-order valence-electron chi connectivity index (χ2n) is 2.65. The Morgan fingerprint density at radius 1 is 1.43 bits per heavy atom. The van der Waals surface area contributed by atoms with Gasteiger partial charge >= 0.3 is 5.97 Å². The maximum Gasteiger partial charge on any atom is 0.307 e. The van der Waals surface area contributed by atoms with E-state index in [4.69, 9.17) is 10.6 Å². The van der Waals surface area contributed by atoms with Gasteiger partial charge < -0.3 is 10.2 Å². The highest BCUT2D eigenvalue weighted by Gasteiger charge is 1.99. The van der Waals surface area contributed by atoms with Crippen molar-refractivity contribution in [3.63, 3.8) is 0 Å². The van der Waals surface area contributed by atoms with E-state index >= 15 is 0 Å². The van der Waals surface area contributed by atoms with Crippen molar-refractivity contribution in [3.05, 3.63) is 42.2 Å². The Bertz CT molecular complexity index is 333. The molecule has 0 aliphatic rings. The van der Waals surface area contributed by atoms with E-state index in [1.54, 1.807) is 0 Å². The number of esters is 1. The van der Waals surface area contributed by atoms with Crippen LogP contribution in [0.4, 0.5) is 0 Å². The molecule has 0 unspecified atom stereocenters. The molecule has 0 fully saturated rings. The van der Waals surface area contributed by atoms with Crippen LogP contribution in [-0.2, 0) is 9.53 Å². The second kappa shape index (κ2) is 5.04. The zero-order valence-corrected chi connectivity index (χ0v) is 7.86. The Hall–Kier alpha value is -1.81. The average Bonchev–Trinajstić information content (AvgIpc) is 2.20. The molecule has 0 heterocycles. The molecule has 14 heavy (non-hydrogen) atoms. The number of ether oxygens (including phenoxy) is 1. The fourth-order valence-electron chi connectivity index (χ4n) is 0.945. The molecule has 4 heteroatoms. The van der Waals surface area contributed by atoms with Gasteiger partial charge in [-0.2, -0.15) is 0 Å². The number of hydrogen-bond acceptors (Lipinski definition) is 4. The highest BCUT2D eigenvalue weighted by atomic mass is 16.5. The maximum absolute atomic E-state index is 10.6. The monoisotopic (exact) mass is 192 g/mol. The van der Waals surface area contributed by atoms with Crippen LogP contribution in [0.3, 0.4) is 0 Å². The molecule has 0 amide bonds. The van der Waals surface area contributed by atoms with Crippen molar-refractivity contribution in [2.45, 2.75) is 6.92 Å². The fourth-order valence-corrected chi connectivity index (χ4v) is 0.945. The van der Waals surface area contributed by atoms with Crippen molar-refractivity contribution in [3.8, 4) is 0 Å². The average molecular weight is 192 g/mol. The first-order valence-corrected chi connectivity index (χ1v) is 4.13. The first kappa shape index (κ1) is 10.3. The molecule has 1 rings (SSSR count). The zero-order chi connectivity index (χ0) is 10.4. The molecule has 4 nitrogen and oxygen atoms in total. The maximum atomic E-state index is 10.6. The van der Waals surface area contributed by atoms with E-state index in [0.29, 0.717) is 5.70 Å². The van der Waals surface area contributed by atoms with Crippen molar-refractivity contribution >= 4 is 11.7 Å². The van der Waals surface area contributed by atoms with E-state index in [9.17, 15) is 4.79 Å². The number of rotatable bonds is 3. The first-order valence-electron chi connectivity index (χ1n) is 4.13. The van der Waals surface area contributed by atoms with E-state index in [-0.39, 0.29) is 5.97 Å². The van der Waals surface area contributed by atoms with Crippen LogP contribution in [0, 0.1) is 0 Å². The molecular formula is C10H12N2O2. The van der Waals surface area contributed by atoms with Crippen LogP contribution in [0.5, 0.6) is 0 Å². The minimum atomic E-state index is -0.381. The Labute approximate surface area is 82.3 Å². The molecule has 0 aliphatic heterocycles. The summed E-state index contributed by atoms with van der Waals surface area (Å²) < 4.78 is 4.71. The molecule has 74 valence electrons. The van der Waals surface area contributed by atoms with Gasteiger partial charge in [-0.15, -0.1) is 0 Å². The summed E-state index contributed by atoms with van der Waals surface area (Å²) in [5, 5.41) is 0. The number of hydrazine groups is 1. The van der Waals surface area contributed by atoms with Gasteiger partial charge in [-0.3, -0.25) is 10.6 Å². The summed E-state index contributed by atoms with van der Waals surface area (Å²) in [4.78, 5) is 10.6. The van der Waals surface area contributed by atoms with E-state index in [2.05, 4.69) is 5.43 Å². The van der Waals surface area contributed by atoms with Gasteiger partial charge in [0.25, 0.3) is 0 Å². The van der Waals surface area contributed by atoms with Gasteiger partial charge in [0.15, 0.2) is 0 Å². The number of carbonyl (C=O) groups is 1. The minimum absolute atomic E-state index is 0.381. The minimum Gasteiger partial charge on any atom is -0.432 e. The van der Waals surface area contributed by atoms with Crippen LogP contribution in [-0.4, -0.2) is 5.97 Å². The van der Waals surface area contributed by atoms with Gasteiger partial charge in [0, 0.05) is 12.5 Å². The molecule has 1 aromatic carbocycles. The summed E-state index contributed by atoms with van der Waals surface area (Å²) in [6.45, 7) is 1.33. The Balaban J connectivity index is 2.82. The number of hydrogen-bond donors (Lipinski definition) is 2. The summed E-state index contributed by atoms with van der Waals surface area (Å²) >= 11 is 0. The van der Waals surface area contributed by atoms with Gasteiger partial charge in [-0.25, -0.2) is 0 Å². The van der Waals surface area contributed by atoms with E-state index in [1.165, 1.54) is 13.2 Å². The van der Waals surface area contributed by atoms with Crippen molar-refractivity contribution in [2.75, 3.05) is 0 Å². The predicted octanol–water partition coefficient (Wildman–Crippen LogP) is 1.01. The molecule has 0 aliphatic carbocycles. The van der Waals surface area contributed by atoms with E-state index < -0.39 is 0 Å². The number of nitrogens with one attached hydrogen (secondary N) is 1. The van der Waals surface area contributed by atoms with Crippen LogP contribution < -0.4 is 11.3 Å². The summed E-state index contributed by atoms with van der Waals surface area (Å²) in [5.41, 5.74) is 3.87. The highest BCUT2D eigenvalue weighted by molar-refractivity contribution is 5.69. The molecule has 0 bridgehead atoms. The van der Waals surface area contributed by atoms with Crippen LogP contribution in [0.25, 0.3) is 5.70 Å². The largest absolute Gasteiger partial charge is 0.432 e. The van der Waals surface area contributed by atoms with Crippen LogP contribution in [0.2, 0.25) is 0 Å². The summed E-state index contributed by atoms with van der Waals surface area (Å²) in [6, 6.07) is 9.34. The Morgan fingerprint density at radius 2 is 2.07 bits per heavy atom. The van der Waals surface area contributed by atoms with Crippen molar-refractivity contribution < 1.29 is 9.53 Å². The standard InChI is InChI=1S/C10H12N2O2/c1-8(13)14-7-10(12-11)9-5-3-2-4-6-9/h2-7,12H,11H2,1H3/b10-7-. The topological polar surface area (TPSA) is 64.3 Å². The van der Waals surface area contributed by atoms with Crippen molar-refractivity contribution in [1.82, 2.24) is 5.43 Å². The zero-order valence-electron chi connectivity index (χ0n) is 7.86. The lowest BCUT2D eigenvalue weighted by Gasteiger charge is -2.05. The lowest BCUT2D eigenvalue weighted by Crippen LogP contribution is -2.20. The molecule has 0 aromatic heterocycles. The number of benzene rings is 1. The van der Waals surface area contributed by atoms with Gasteiger partial charge in [0.2, 0.25) is 0 Å². The lowest BCUT2D eigenvalue weighted by molar-refractivity contribution is -0.135. The summed E-state index contributed by atoms with van der Waals surface area (Å²) in [6.07, 6.45) is 1.29. The first-order chi connectivity index (χ1) is 6.74. The van der Waals surface area contributed by atoms with Gasteiger partial charge in [-0.1, -0.05) is 30.3 Å². The normalized spacial score (nSPS) is 10.9. The molecule has 0 atom stereocenters. The molecule has 0 saturated heterocycles. The van der Waals surface area contributed by atoms with Gasteiger partial charge in [0.1, 0.15) is 6.26 Å². The third kappa shape index (κ3) is 2.91. The molecule has 3 N–H and O–H groups in total. The molecule has 1 aromatic rings. The fraction of sp³-hybridized carbons (Fsp3) is 0.100. The van der Waals surface area contributed by atoms with Crippen LogP contribution in [0.1, 0.15) is 12.5 Å². The molecule has 0 radical (unpaired) electrons. The number of carbonyl (C=O) groups excluding carboxylic acids is 1. The van der Waals surface area contributed by atoms with Gasteiger partial charge in [-0.05, 0) is 0 Å². The van der Waals surface area contributed by atoms with Crippen molar-refractivity contribution in [2.24, 2.45) is 5.84 Å².